The summed E-state index contributed by atoms with van der Waals surface area (Å²) in [5, 5.41) is 0. The number of esters is 1. The zero-order valence-corrected chi connectivity index (χ0v) is 14.6. The Morgan fingerprint density at radius 1 is 1.59 bits per heavy atom. The van der Waals surface area contributed by atoms with Crippen LogP contribution in [-0.4, -0.2) is 24.8 Å². The molecule has 2 rings (SSSR count). The van der Waals surface area contributed by atoms with Crippen LogP contribution in [0, 0.1) is 11.8 Å². The summed E-state index contributed by atoms with van der Waals surface area (Å²) in [4.78, 5) is 11.3. The highest BCUT2D eigenvalue weighted by Crippen LogP contribution is 2.67. The number of hydrogen-bond acceptors (Lipinski definition) is 4. The van der Waals surface area contributed by atoms with Crippen LogP contribution < -0.4 is 0 Å². The van der Waals surface area contributed by atoms with Crippen LogP contribution in [0.4, 0.5) is 0 Å². The van der Waals surface area contributed by atoms with Crippen LogP contribution in [0.15, 0.2) is 0 Å². The molecular weight excluding hydrogens is 315 g/mol. The van der Waals surface area contributed by atoms with Gasteiger partial charge in [0.25, 0.3) is 0 Å². The van der Waals surface area contributed by atoms with Gasteiger partial charge < -0.3 is 13.8 Å². The molecule has 17 heavy (non-hydrogen) atoms. The van der Waals surface area contributed by atoms with Crippen molar-refractivity contribution in [3.8, 4) is 0 Å². The van der Waals surface area contributed by atoms with E-state index >= 15 is 0 Å². The Balaban J connectivity index is 1.94. The van der Waals surface area contributed by atoms with E-state index in [0.717, 1.165) is 14.4 Å². The van der Waals surface area contributed by atoms with Crippen molar-refractivity contribution in [3.05, 3.63) is 0 Å². The Bertz CT molecular complexity index is 291. The quantitative estimate of drug-likeness (QED) is 0.574. The molecule has 1 heterocycles. The lowest BCUT2D eigenvalue weighted by Crippen LogP contribution is -2.24. The highest BCUT2D eigenvalue weighted by atomic mass is 32.6. The van der Waals surface area contributed by atoms with E-state index in [-0.39, 0.29) is 30.0 Å². The van der Waals surface area contributed by atoms with E-state index in [1.165, 1.54) is 0 Å². The monoisotopic (exact) mass is 332 g/mol. The van der Waals surface area contributed by atoms with Crippen molar-refractivity contribution in [2.24, 2.45) is 11.8 Å². The number of carbonyl (C=O) groups is 1. The van der Waals surface area contributed by atoms with Crippen LogP contribution in [0.1, 0.15) is 12.8 Å². The molecule has 1 saturated heterocycles. The third kappa shape index (κ3) is 3.55. The first-order valence-corrected chi connectivity index (χ1v) is 12.3. The summed E-state index contributed by atoms with van der Waals surface area (Å²) in [5.74, 6) is 0.471. The molecule has 98 valence electrons. The topological polar surface area (TPSA) is 44.8 Å². The van der Waals surface area contributed by atoms with Crippen LogP contribution in [0.25, 0.3) is 0 Å². The first-order valence-electron chi connectivity index (χ1n) is 5.34. The average molecular weight is 332 g/mol. The molecule has 2 fully saturated rings. The molecule has 1 aliphatic heterocycles. The predicted octanol–water partition coefficient (Wildman–Crippen LogP) is 2.70. The van der Waals surface area contributed by atoms with Crippen molar-refractivity contribution in [1.82, 2.24) is 0 Å². The van der Waals surface area contributed by atoms with E-state index in [9.17, 15) is 4.79 Å². The fourth-order valence-electron chi connectivity index (χ4n) is 2.55. The van der Waals surface area contributed by atoms with Gasteiger partial charge >= 0.3 is 5.97 Å². The Labute approximate surface area is 111 Å². The maximum absolute atomic E-state index is 11.3. The fourth-order valence-corrected chi connectivity index (χ4v) is 4.65. The second-order valence-corrected chi connectivity index (χ2v) is 13.0. The third-order valence-electron chi connectivity index (χ3n) is 3.36. The van der Waals surface area contributed by atoms with E-state index in [1.54, 1.807) is 0 Å². The van der Waals surface area contributed by atoms with Crippen molar-refractivity contribution < 1.29 is 18.6 Å². The Morgan fingerprint density at radius 3 is 3.00 bits per heavy atom. The summed E-state index contributed by atoms with van der Waals surface area (Å²) in [6.45, 7) is 0.660. The van der Waals surface area contributed by atoms with Gasteiger partial charge in [-0.1, -0.05) is 8.93 Å². The fraction of sp³-hybridized carbons (Fsp3) is 0.875. The van der Waals surface area contributed by atoms with Crippen LogP contribution in [0.5, 0.6) is 0 Å². The smallest absolute Gasteiger partial charge is 0.306 e. The molecular formula is C8H17O4P5. The van der Waals surface area contributed by atoms with E-state index in [1.807, 2.05) is 0 Å². The maximum Gasteiger partial charge on any atom is 0.306 e. The summed E-state index contributed by atoms with van der Waals surface area (Å²) < 4.78 is 16.5. The number of fused-ring (bicyclic) bond motifs is 1. The molecule has 0 aromatic heterocycles. The van der Waals surface area contributed by atoms with E-state index in [4.69, 9.17) is 13.8 Å². The first-order chi connectivity index (χ1) is 8.15. The zero-order valence-electron chi connectivity index (χ0n) is 9.24. The minimum absolute atomic E-state index is 0.0378. The van der Waals surface area contributed by atoms with Crippen LogP contribution >= 0.6 is 42.8 Å². The molecule has 0 N–H and O–H groups in total. The van der Waals surface area contributed by atoms with Crippen LogP contribution in [0.2, 0.25) is 0 Å². The Hall–Kier alpha value is 1.54. The summed E-state index contributed by atoms with van der Waals surface area (Å²) >= 11 is 0. The third-order valence-corrected chi connectivity index (χ3v) is 12.3. The summed E-state index contributed by atoms with van der Waals surface area (Å²) in [5.41, 5.74) is 0. The molecule has 1 aliphatic carbocycles. The van der Waals surface area contributed by atoms with Gasteiger partial charge in [-0.15, -0.1) is 8.93 Å². The number of rotatable bonds is 5. The van der Waals surface area contributed by atoms with Crippen molar-refractivity contribution in [2.75, 3.05) is 6.61 Å². The summed E-state index contributed by atoms with van der Waals surface area (Å²) in [6, 6.07) is 0. The normalized spacial score (nSPS) is 38.6. The summed E-state index contributed by atoms with van der Waals surface area (Å²) in [7, 11) is 8.06. The van der Waals surface area contributed by atoms with Crippen LogP contribution in [-0.2, 0) is 18.6 Å². The van der Waals surface area contributed by atoms with Gasteiger partial charge in [0.15, 0.2) is 0 Å². The van der Waals surface area contributed by atoms with Gasteiger partial charge in [-0.05, 0) is 7.96 Å². The van der Waals surface area contributed by atoms with Crippen molar-refractivity contribution >= 4 is 48.8 Å². The second-order valence-electron chi connectivity index (χ2n) is 4.22. The van der Waals surface area contributed by atoms with Gasteiger partial charge in [-0.3, -0.25) is 4.79 Å². The highest BCUT2D eigenvalue weighted by Gasteiger charge is 2.50. The molecule has 0 bridgehead atoms. The van der Waals surface area contributed by atoms with Crippen molar-refractivity contribution in [3.63, 3.8) is 0 Å². The van der Waals surface area contributed by atoms with Crippen LogP contribution in [0.3, 0.4) is 0 Å². The first kappa shape index (κ1) is 14.9. The molecule has 0 aromatic carbocycles. The summed E-state index contributed by atoms with van der Waals surface area (Å²) in [6.07, 6.45) is 1.48. The second kappa shape index (κ2) is 6.81. The van der Waals surface area contributed by atoms with Gasteiger partial charge in [0.05, 0.1) is 26.7 Å². The Kier molecular flexibility index (Phi) is 5.99. The molecule has 0 aromatic rings. The lowest BCUT2D eigenvalue weighted by molar-refractivity contribution is -0.141. The minimum atomic E-state index is -0.428. The van der Waals surface area contributed by atoms with Crippen molar-refractivity contribution in [2.45, 2.75) is 25.0 Å². The van der Waals surface area contributed by atoms with Gasteiger partial charge in [0, 0.05) is 27.7 Å². The minimum Gasteiger partial charge on any atom is -0.462 e. The number of hydrogen-bond donors (Lipinski definition) is 0. The van der Waals surface area contributed by atoms with Gasteiger partial charge in [0.1, 0.15) is 6.10 Å². The number of ether oxygens (including phenoxy) is 1. The standard InChI is InChI=1S/C8H17O4P5/c9-8-1-4-5(3-10-17(15)16-14)7(12-13)2-6(4)11-8/h4-7,16H,1-3,13-15H2/t4-,5-,6?,7-,17?/m1/s1. The highest BCUT2D eigenvalue weighted by molar-refractivity contribution is 8.59. The molecule has 2 aliphatic rings. The maximum atomic E-state index is 11.3. The average Bonchev–Trinajstić information content (AvgIpc) is 2.81. The molecule has 1 saturated carbocycles. The SMILES string of the molecule is O=C1C[C@H]2C(C[C@@H](OP)[C@@H]2COP(P)PP)O1. The van der Waals surface area contributed by atoms with Crippen molar-refractivity contribution in [1.29, 1.82) is 0 Å². The molecule has 0 spiro atoms. The van der Waals surface area contributed by atoms with E-state index in [0.29, 0.717) is 13.0 Å². The molecule has 0 amide bonds. The van der Waals surface area contributed by atoms with Gasteiger partial charge in [0.2, 0.25) is 0 Å². The largest absolute Gasteiger partial charge is 0.462 e. The lowest BCUT2D eigenvalue weighted by atomic mass is 9.93. The van der Waals surface area contributed by atoms with E-state index < -0.39 is 7.53 Å². The zero-order chi connectivity index (χ0) is 12.4. The van der Waals surface area contributed by atoms with E-state index in [2.05, 4.69) is 27.3 Å². The van der Waals surface area contributed by atoms with Gasteiger partial charge in [-0.25, -0.2) is 0 Å². The van der Waals surface area contributed by atoms with Gasteiger partial charge in [-0.2, -0.15) is 0 Å². The number of carbonyl (C=O) groups excluding carboxylic acids is 1. The molecule has 6 unspecified atom stereocenters. The Morgan fingerprint density at radius 2 is 2.35 bits per heavy atom. The molecule has 9 heteroatoms. The molecule has 0 radical (unpaired) electrons. The predicted molar refractivity (Wildman–Crippen MR) is 81.3 cm³/mol. The molecule has 4 nitrogen and oxygen atoms in total. The molecule has 9 atom stereocenters. The lowest BCUT2D eigenvalue weighted by Gasteiger charge is -2.22.